The number of nitrogens with zero attached hydrogens (tertiary/aromatic N) is 1. The van der Waals surface area contributed by atoms with Gasteiger partial charge in [-0.2, -0.15) is 0 Å². The first-order valence-electron chi connectivity index (χ1n) is 6.11. The highest BCUT2D eigenvalue weighted by molar-refractivity contribution is 6.51. The Balaban J connectivity index is 2.01. The summed E-state index contributed by atoms with van der Waals surface area (Å²) in [5.41, 5.74) is 2.85. The molecule has 2 aromatic carbocycles. The average Bonchev–Trinajstić information content (AvgIpc) is 2.48. The molecule has 1 heterocycles. The van der Waals surface area contributed by atoms with Crippen molar-refractivity contribution in [3.63, 3.8) is 0 Å². The molecule has 2 heteroatoms. The van der Waals surface area contributed by atoms with E-state index >= 15 is 0 Å². The Morgan fingerprint density at radius 2 is 1.58 bits per heavy atom. The van der Waals surface area contributed by atoms with Gasteiger partial charge >= 0.3 is 0 Å². The molecule has 0 unspecified atom stereocenters. The van der Waals surface area contributed by atoms with Crippen molar-refractivity contribution < 1.29 is 0 Å². The summed E-state index contributed by atoms with van der Waals surface area (Å²) in [5.74, 6) is 0. The Labute approximate surface area is 117 Å². The Kier molecular flexibility index (Phi) is 3.30. The molecule has 0 saturated heterocycles. The van der Waals surface area contributed by atoms with Gasteiger partial charge < -0.3 is 0 Å². The first kappa shape index (κ1) is 11.9. The number of para-hydroxylation sites is 1. The van der Waals surface area contributed by atoms with Gasteiger partial charge in [0.25, 0.3) is 0 Å². The van der Waals surface area contributed by atoms with Crippen LogP contribution < -0.4 is 0 Å². The molecular weight excluding hydrogens is 254 g/mol. The fourth-order valence-electron chi connectivity index (χ4n) is 1.97. The quantitative estimate of drug-likeness (QED) is 0.637. The minimum atomic E-state index is 0.698. The van der Waals surface area contributed by atoms with Crippen LogP contribution >= 0.6 is 11.6 Å². The maximum Gasteiger partial charge on any atom is 0.0709 e. The molecule has 0 N–H and O–H groups in total. The number of pyridine rings is 1. The molecule has 0 radical (unpaired) electrons. The van der Waals surface area contributed by atoms with Crippen LogP contribution in [0.5, 0.6) is 0 Å². The summed E-state index contributed by atoms with van der Waals surface area (Å²) >= 11 is 6.31. The van der Waals surface area contributed by atoms with E-state index in [1.807, 2.05) is 60.7 Å². The first-order valence-corrected chi connectivity index (χ1v) is 6.49. The van der Waals surface area contributed by atoms with Gasteiger partial charge in [-0.3, -0.25) is 0 Å². The van der Waals surface area contributed by atoms with Crippen LogP contribution in [0.2, 0.25) is 0 Å². The van der Waals surface area contributed by atoms with Crippen molar-refractivity contribution >= 4 is 33.6 Å². The summed E-state index contributed by atoms with van der Waals surface area (Å²) in [4.78, 5) is 4.58. The van der Waals surface area contributed by atoms with Gasteiger partial charge in [0.1, 0.15) is 0 Å². The minimum Gasteiger partial charge on any atom is -0.248 e. The molecule has 3 rings (SSSR count). The lowest BCUT2D eigenvalue weighted by molar-refractivity contribution is 1.37. The van der Waals surface area contributed by atoms with Crippen molar-refractivity contribution in [3.8, 4) is 0 Å². The number of hydrogen-bond acceptors (Lipinski definition) is 1. The Bertz CT molecular complexity index is 732. The fourth-order valence-corrected chi connectivity index (χ4v) is 2.21. The molecule has 1 nitrogen and oxygen atoms in total. The van der Waals surface area contributed by atoms with Crippen molar-refractivity contribution in [2.45, 2.75) is 0 Å². The van der Waals surface area contributed by atoms with Crippen LogP contribution in [-0.4, -0.2) is 4.98 Å². The Morgan fingerprint density at radius 3 is 2.42 bits per heavy atom. The second-order valence-corrected chi connectivity index (χ2v) is 4.69. The molecule has 0 amide bonds. The van der Waals surface area contributed by atoms with Crippen LogP contribution in [0, 0.1) is 0 Å². The minimum absolute atomic E-state index is 0.698. The maximum absolute atomic E-state index is 6.31. The van der Waals surface area contributed by atoms with Crippen LogP contribution in [0.3, 0.4) is 0 Å². The van der Waals surface area contributed by atoms with Gasteiger partial charge in [-0.15, -0.1) is 0 Å². The lowest BCUT2D eigenvalue weighted by atomic mass is 10.1. The van der Waals surface area contributed by atoms with Crippen LogP contribution in [0.1, 0.15) is 11.3 Å². The molecule has 19 heavy (non-hydrogen) atoms. The molecule has 0 fully saturated rings. The fraction of sp³-hybridized carbons (Fsp3) is 0. The number of rotatable bonds is 2. The summed E-state index contributed by atoms with van der Waals surface area (Å²) in [7, 11) is 0. The highest BCUT2D eigenvalue weighted by Gasteiger charge is 1.99. The van der Waals surface area contributed by atoms with Crippen molar-refractivity contribution in [2.75, 3.05) is 0 Å². The third-order valence-electron chi connectivity index (χ3n) is 2.94. The Morgan fingerprint density at radius 1 is 0.842 bits per heavy atom. The maximum atomic E-state index is 6.31. The Hall–Kier alpha value is -2.12. The number of halogens is 1. The van der Waals surface area contributed by atoms with E-state index in [0.717, 1.165) is 22.2 Å². The smallest absolute Gasteiger partial charge is 0.0709 e. The SMILES string of the molecule is ClC(=Cc1ccc2ccccc2n1)c1ccccc1. The monoisotopic (exact) mass is 265 g/mol. The van der Waals surface area contributed by atoms with Crippen molar-refractivity contribution in [2.24, 2.45) is 0 Å². The number of fused-ring (bicyclic) bond motifs is 1. The van der Waals surface area contributed by atoms with E-state index < -0.39 is 0 Å². The van der Waals surface area contributed by atoms with E-state index in [9.17, 15) is 0 Å². The van der Waals surface area contributed by atoms with E-state index in [2.05, 4.69) is 17.1 Å². The van der Waals surface area contributed by atoms with Gasteiger partial charge in [-0.05, 0) is 23.8 Å². The standard InChI is InChI=1S/C17H12ClN/c18-16(13-6-2-1-3-7-13)12-15-11-10-14-8-4-5-9-17(14)19-15/h1-12H. The van der Waals surface area contributed by atoms with Crippen molar-refractivity contribution in [1.29, 1.82) is 0 Å². The number of aromatic nitrogens is 1. The molecule has 92 valence electrons. The predicted molar refractivity (Wildman–Crippen MR) is 81.9 cm³/mol. The summed E-state index contributed by atoms with van der Waals surface area (Å²) in [6.45, 7) is 0. The van der Waals surface area contributed by atoms with Gasteiger partial charge in [0.05, 0.1) is 11.2 Å². The molecule has 0 spiro atoms. The zero-order valence-corrected chi connectivity index (χ0v) is 11.0. The molecule has 0 saturated carbocycles. The molecular formula is C17H12ClN. The molecule has 1 aromatic heterocycles. The predicted octanol–water partition coefficient (Wildman–Crippen LogP) is 4.97. The van der Waals surface area contributed by atoms with E-state index in [-0.39, 0.29) is 0 Å². The molecule has 0 aliphatic carbocycles. The van der Waals surface area contributed by atoms with E-state index in [0.29, 0.717) is 5.03 Å². The summed E-state index contributed by atoms with van der Waals surface area (Å²) in [6, 6.07) is 22.0. The normalized spacial score (nSPS) is 11.7. The lowest BCUT2D eigenvalue weighted by Crippen LogP contribution is -1.84. The molecule has 0 aliphatic heterocycles. The number of hydrogen-bond donors (Lipinski definition) is 0. The van der Waals surface area contributed by atoms with Crippen LogP contribution in [-0.2, 0) is 0 Å². The van der Waals surface area contributed by atoms with Crippen LogP contribution in [0.4, 0.5) is 0 Å². The third kappa shape index (κ3) is 2.67. The summed E-state index contributed by atoms with van der Waals surface area (Å²) in [5, 5.41) is 1.83. The molecule has 0 aliphatic rings. The van der Waals surface area contributed by atoms with E-state index in [4.69, 9.17) is 11.6 Å². The second-order valence-electron chi connectivity index (χ2n) is 4.29. The van der Waals surface area contributed by atoms with E-state index in [1.165, 1.54) is 0 Å². The zero-order chi connectivity index (χ0) is 13.1. The zero-order valence-electron chi connectivity index (χ0n) is 10.3. The molecule has 3 aromatic rings. The van der Waals surface area contributed by atoms with Gasteiger partial charge in [0, 0.05) is 10.4 Å². The van der Waals surface area contributed by atoms with Gasteiger partial charge in [0.2, 0.25) is 0 Å². The van der Waals surface area contributed by atoms with Gasteiger partial charge in [0.15, 0.2) is 0 Å². The topological polar surface area (TPSA) is 12.9 Å². The molecule has 0 bridgehead atoms. The van der Waals surface area contributed by atoms with Crippen LogP contribution in [0.15, 0.2) is 66.7 Å². The largest absolute Gasteiger partial charge is 0.248 e. The lowest BCUT2D eigenvalue weighted by Gasteiger charge is -2.01. The van der Waals surface area contributed by atoms with Crippen molar-refractivity contribution in [1.82, 2.24) is 4.98 Å². The molecule has 0 atom stereocenters. The average molecular weight is 266 g/mol. The van der Waals surface area contributed by atoms with E-state index in [1.54, 1.807) is 0 Å². The van der Waals surface area contributed by atoms with Gasteiger partial charge in [-0.1, -0.05) is 66.2 Å². The van der Waals surface area contributed by atoms with Gasteiger partial charge in [-0.25, -0.2) is 4.98 Å². The van der Waals surface area contributed by atoms with Crippen LogP contribution in [0.25, 0.3) is 22.0 Å². The highest BCUT2D eigenvalue weighted by Crippen LogP contribution is 2.22. The summed E-state index contributed by atoms with van der Waals surface area (Å²) < 4.78 is 0. The van der Waals surface area contributed by atoms with Crippen molar-refractivity contribution in [3.05, 3.63) is 78.0 Å². The second kappa shape index (κ2) is 5.25. The summed E-state index contributed by atoms with van der Waals surface area (Å²) in [6.07, 6.45) is 1.89. The third-order valence-corrected chi connectivity index (χ3v) is 3.27. The highest BCUT2D eigenvalue weighted by atomic mass is 35.5. The number of benzene rings is 2. The first-order chi connectivity index (χ1) is 9.33.